The number of hydrogen-bond donors (Lipinski definition) is 0. The average molecular weight is 393 g/mol. The van der Waals surface area contributed by atoms with Crippen LogP contribution < -0.4 is 5.01 Å². The van der Waals surface area contributed by atoms with Crippen LogP contribution in [-0.4, -0.2) is 41.1 Å². The fourth-order valence-corrected chi connectivity index (χ4v) is 2.96. The zero-order valence-electron chi connectivity index (χ0n) is 15.0. The number of ketones is 1. The quantitative estimate of drug-likeness (QED) is 0.755. The van der Waals surface area contributed by atoms with Gasteiger partial charge < -0.3 is 9.32 Å². The molecule has 1 aromatic carbocycles. The fraction of sp³-hybridized carbons (Fsp3) is 0.316. The number of furan rings is 1. The van der Waals surface area contributed by atoms with Gasteiger partial charge in [0.1, 0.15) is 24.1 Å². The minimum atomic E-state index is -4.58. The maximum Gasteiger partial charge on any atom is 0.406 e. The molecule has 1 aliphatic heterocycles. The van der Waals surface area contributed by atoms with Crippen molar-refractivity contribution in [3.63, 3.8) is 0 Å². The maximum atomic E-state index is 13.0. The smallest absolute Gasteiger partial charge is 0.406 e. The molecule has 1 amide bonds. The second kappa shape index (κ2) is 7.87. The normalized spacial score (nSPS) is 16.8. The molecule has 0 bridgehead atoms. The van der Waals surface area contributed by atoms with E-state index in [2.05, 4.69) is 5.10 Å². The monoisotopic (exact) mass is 393 g/mol. The third kappa shape index (κ3) is 4.59. The highest BCUT2D eigenvalue weighted by Gasteiger charge is 2.39. The first-order chi connectivity index (χ1) is 13.2. The lowest BCUT2D eigenvalue weighted by molar-refractivity contribution is -0.158. The number of amides is 1. The lowest BCUT2D eigenvalue weighted by atomic mass is 10.1. The van der Waals surface area contributed by atoms with Crippen molar-refractivity contribution in [1.29, 1.82) is 0 Å². The molecule has 0 saturated heterocycles. The Balaban J connectivity index is 1.87. The molecule has 1 atom stereocenters. The summed E-state index contributed by atoms with van der Waals surface area (Å²) in [5.41, 5.74) is 0.485. The number of hydrazone groups is 1. The van der Waals surface area contributed by atoms with Crippen LogP contribution in [0.15, 0.2) is 58.2 Å². The van der Waals surface area contributed by atoms with Crippen LogP contribution in [0.1, 0.15) is 19.1 Å². The number of carbonyl (C=O) groups excluding carboxylic acids is 2. The molecule has 2 heterocycles. The number of anilines is 1. The first kappa shape index (κ1) is 19.7. The molecular formula is C19H18F3N3O3. The number of para-hydroxylation sites is 1. The van der Waals surface area contributed by atoms with Crippen LogP contribution in [0.25, 0.3) is 0 Å². The molecule has 148 valence electrons. The predicted octanol–water partition coefficient (Wildman–Crippen LogP) is 3.39. The second-order valence-electron chi connectivity index (χ2n) is 6.41. The van der Waals surface area contributed by atoms with E-state index in [-0.39, 0.29) is 30.2 Å². The highest BCUT2D eigenvalue weighted by molar-refractivity contribution is 6.40. The van der Waals surface area contributed by atoms with Crippen LogP contribution in [0.5, 0.6) is 0 Å². The number of alkyl halides is 3. The highest BCUT2D eigenvalue weighted by Crippen LogP contribution is 2.27. The van der Waals surface area contributed by atoms with Gasteiger partial charge in [-0.25, -0.2) is 0 Å². The van der Waals surface area contributed by atoms with Gasteiger partial charge in [-0.05, 0) is 31.2 Å². The Morgan fingerprint density at radius 2 is 1.93 bits per heavy atom. The number of benzene rings is 1. The summed E-state index contributed by atoms with van der Waals surface area (Å²) in [5, 5.41) is 5.56. The molecule has 28 heavy (non-hydrogen) atoms. The molecule has 3 rings (SSSR count). The first-order valence-electron chi connectivity index (χ1n) is 8.55. The number of nitrogens with zero attached hydrogens (tertiary/aromatic N) is 3. The standard InChI is InChI=1S/C19H18F3N3O3/c1-13(26)17-10-16(23-25(17)14-6-3-2-4-7-14)18(27)24(12-19(20,21)22)11-15-8-5-9-28-15/h2-9,17H,10-12H2,1H3. The van der Waals surface area contributed by atoms with Crippen molar-refractivity contribution < 1.29 is 27.2 Å². The Morgan fingerprint density at radius 1 is 1.21 bits per heavy atom. The molecule has 0 N–H and O–H groups in total. The number of hydrogen-bond acceptors (Lipinski definition) is 5. The zero-order chi connectivity index (χ0) is 20.3. The van der Waals surface area contributed by atoms with Gasteiger partial charge >= 0.3 is 6.18 Å². The van der Waals surface area contributed by atoms with Gasteiger partial charge in [0, 0.05) is 6.42 Å². The summed E-state index contributed by atoms with van der Waals surface area (Å²) in [6.07, 6.45) is -3.32. The SMILES string of the molecule is CC(=O)C1CC(C(=O)N(Cc2ccco2)CC(F)(F)F)=NN1c1ccccc1. The zero-order valence-corrected chi connectivity index (χ0v) is 15.0. The summed E-state index contributed by atoms with van der Waals surface area (Å²) >= 11 is 0. The van der Waals surface area contributed by atoms with E-state index in [1.54, 1.807) is 30.3 Å². The summed E-state index contributed by atoms with van der Waals surface area (Å²) in [6.45, 7) is -0.429. The predicted molar refractivity (Wildman–Crippen MR) is 95.6 cm³/mol. The summed E-state index contributed by atoms with van der Waals surface area (Å²) in [4.78, 5) is 25.5. The minimum Gasteiger partial charge on any atom is -0.467 e. The van der Waals surface area contributed by atoms with Gasteiger partial charge in [-0.2, -0.15) is 18.3 Å². The van der Waals surface area contributed by atoms with Crippen molar-refractivity contribution in [2.75, 3.05) is 11.6 Å². The number of rotatable bonds is 6. The Labute approximate surface area is 159 Å². The topological polar surface area (TPSA) is 66.1 Å². The lowest BCUT2D eigenvalue weighted by Crippen LogP contribution is -2.42. The molecule has 0 spiro atoms. The molecule has 2 aromatic rings. The van der Waals surface area contributed by atoms with Crippen LogP contribution in [-0.2, 0) is 16.1 Å². The number of carbonyl (C=O) groups is 2. The van der Waals surface area contributed by atoms with Gasteiger partial charge in [0.25, 0.3) is 5.91 Å². The van der Waals surface area contributed by atoms with E-state index in [4.69, 9.17) is 4.42 Å². The van der Waals surface area contributed by atoms with E-state index in [1.807, 2.05) is 0 Å². The van der Waals surface area contributed by atoms with Crippen molar-refractivity contribution in [2.24, 2.45) is 5.10 Å². The molecule has 0 aliphatic carbocycles. The molecule has 1 aliphatic rings. The van der Waals surface area contributed by atoms with Crippen LogP contribution >= 0.6 is 0 Å². The molecule has 0 fully saturated rings. The van der Waals surface area contributed by atoms with Crippen molar-refractivity contribution in [3.8, 4) is 0 Å². The van der Waals surface area contributed by atoms with Crippen molar-refractivity contribution >= 4 is 23.1 Å². The van der Waals surface area contributed by atoms with Crippen molar-refractivity contribution in [3.05, 3.63) is 54.5 Å². The Bertz CT molecular complexity index is 864. The van der Waals surface area contributed by atoms with E-state index < -0.39 is 24.7 Å². The molecule has 1 aromatic heterocycles. The Kier molecular flexibility index (Phi) is 5.53. The molecule has 1 unspecified atom stereocenters. The van der Waals surface area contributed by atoms with Gasteiger partial charge in [-0.1, -0.05) is 18.2 Å². The van der Waals surface area contributed by atoms with Crippen LogP contribution in [0.4, 0.5) is 18.9 Å². The van der Waals surface area contributed by atoms with Crippen molar-refractivity contribution in [1.82, 2.24) is 4.90 Å². The third-order valence-electron chi connectivity index (χ3n) is 4.23. The summed E-state index contributed by atoms with van der Waals surface area (Å²) in [7, 11) is 0. The molecular weight excluding hydrogens is 375 g/mol. The van der Waals surface area contributed by atoms with Gasteiger partial charge in [-0.3, -0.25) is 14.6 Å². The van der Waals surface area contributed by atoms with Crippen LogP contribution in [0, 0.1) is 0 Å². The van der Waals surface area contributed by atoms with E-state index in [0.29, 0.717) is 10.6 Å². The summed E-state index contributed by atoms with van der Waals surface area (Å²) in [6, 6.07) is 11.0. The molecule has 0 radical (unpaired) electrons. The van der Waals surface area contributed by atoms with Gasteiger partial charge in [0.15, 0.2) is 5.78 Å². The largest absolute Gasteiger partial charge is 0.467 e. The first-order valence-corrected chi connectivity index (χ1v) is 8.55. The average Bonchev–Trinajstić information content (AvgIpc) is 3.30. The maximum absolute atomic E-state index is 13.0. The Hall–Kier alpha value is -3.10. The molecule has 0 saturated carbocycles. The Morgan fingerprint density at radius 3 is 2.50 bits per heavy atom. The van der Waals surface area contributed by atoms with Crippen LogP contribution in [0.3, 0.4) is 0 Å². The summed E-state index contributed by atoms with van der Waals surface area (Å²) in [5.74, 6) is -0.888. The van der Waals surface area contributed by atoms with Crippen molar-refractivity contribution in [2.45, 2.75) is 32.1 Å². The van der Waals surface area contributed by atoms with Gasteiger partial charge in [-0.15, -0.1) is 0 Å². The minimum absolute atomic E-state index is 0.0599. The second-order valence-corrected chi connectivity index (χ2v) is 6.41. The van der Waals surface area contributed by atoms with E-state index in [0.717, 1.165) is 0 Å². The lowest BCUT2D eigenvalue weighted by Gasteiger charge is -2.22. The fourth-order valence-electron chi connectivity index (χ4n) is 2.96. The number of halogens is 3. The summed E-state index contributed by atoms with van der Waals surface area (Å²) < 4.78 is 44.1. The number of Topliss-reactive ketones (excluding diaryl/α,β-unsaturated/α-hetero) is 1. The van der Waals surface area contributed by atoms with E-state index in [9.17, 15) is 22.8 Å². The van der Waals surface area contributed by atoms with Crippen LogP contribution in [0.2, 0.25) is 0 Å². The van der Waals surface area contributed by atoms with Gasteiger partial charge in [0.05, 0.1) is 18.5 Å². The van der Waals surface area contributed by atoms with E-state index in [1.165, 1.54) is 30.3 Å². The van der Waals surface area contributed by atoms with Gasteiger partial charge in [0.2, 0.25) is 0 Å². The van der Waals surface area contributed by atoms with E-state index >= 15 is 0 Å². The molecule has 6 nitrogen and oxygen atoms in total. The highest BCUT2D eigenvalue weighted by atomic mass is 19.4. The molecule has 9 heteroatoms. The third-order valence-corrected chi connectivity index (χ3v) is 4.23.